The van der Waals surface area contributed by atoms with E-state index in [0.717, 1.165) is 65.1 Å². The molecule has 0 spiro atoms. The summed E-state index contributed by atoms with van der Waals surface area (Å²) in [5, 5.41) is 1.15. The van der Waals surface area contributed by atoms with Crippen LogP contribution in [0.3, 0.4) is 0 Å². The van der Waals surface area contributed by atoms with E-state index in [0.29, 0.717) is 6.04 Å². The van der Waals surface area contributed by atoms with Crippen molar-refractivity contribution in [2.24, 2.45) is 5.73 Å². The first-order chi connectivity index (χ1) is 15.8. The van der Waals surface area contributed by atoms with Crippen LogP contribution in [-0.2, 0) is 0 Å². The number of nitrogens with zero attached hydrogens (tertiary/aromatic N) is 5. The van der Waals surface area contributed by atoms with E-state index in [1.54, 1.807) is 0 Å². The molecule has 0 bridgehead atoms. The minimum Gasteiger partial charge on any atom is -0.370 e. The molecule has 158 valence electrons. The molecule has 2 N–H and O–H groups in total. The summed E-state index contributed by atoms with van der Waals surface area (Å²) >= 11 is 0. The summed E-state index contributed by atoms with van der Waals surface area (Å²) in [6, 6.07) is 21.0. The van der Waals surface area contributed by atoms with Gasteiger partial charge in [-0.2, -0.15) is 0 Å². The normalized spacial score (nSPS) is 15.0. The fraction of sp³-hybridized carbons (Fsp3) is 0.192. The van der Waals surface area contributed by atoms with E-state index in [9.17, 15) is 0 Å². The van der Waals surface area contributed by atoms with Gasteiger partial charge < -0.3 is 10.6 Å². The van der Waals surface area contributed by atoms with Crippen molar-refractivity contribution in [3.8, 4) is 22.6 Å². The molecule has 1 fully saturated rings. The Morgan fingerprint density at radius 1 is 0.875 bits per heavy atom. The minimum absolute atomic E-state index is 0.305. The van der Waals surface area contributed by atoms with Gasteiger partial charge >= 0.3 is 0 Å². The molecule has 0 aliphatic carbocycles. The molecule has 1 aliphatic heterocycles. The Kier molecular flexibility index (Phi) is 4.58. The van der Waals surface area contributed by atoms with Gasteiger partial charge in [-0.1, -0.05) is 24.3 Å². The van der Waals surface area contributed by atoms with E-state index in [1.165, 1.54) is 5.69 Å². The molecule has 6 heteroatoms. The Balaban J connectivity index is 1.42. The highest BCUT2D eigenvalue weighted by molar-refractivity contribution is 5.92. The van der Waals surface area contributed by atoms with E-state index in [2.05, 4.69) is 61.7 Å². The first kappa shape index (κ1) is 19.0. The van der Waals surface area contributed by atoms with Crippen molar-refractivity contribution >= 4 is 22.2 Å². The van der Waals surface area contributed by atoms with E-state index in [-0.39, 0.29) is 0 Å². The highest BCUT2D eigenvalue weighted by Crippen LogP contribution is 2.30. The molecule has 5 heterocycles. The van der Waals surface area contributed by atoms with Gasteiger partial charge in [0.25, 0.3) is 0 Å². The zero-order valence-electron chi connectivity index (χ0n) is 17.7. The SMILES string of the molecule is NC1CCN(c2cccc3ccc(-c4cnc5cc(-c6ccccn6)ccn45)nc23)CC1. The summed E-state index contributed by atoms with van der Waals surface area (Å²) in [6.45, 7) is 1.94. The quantitative estimate of drug-likeness (QED) is 0.464. The molecule has 32 heavy (non-hydrogen) atoms. The standard InChI is InChI=1S/C26H24N6/c27-20-10-13-31(14-11-20)23-6-3-4-18-7-8-22(30-26(18)23)24-17-29-25-16-19(9-15-32(24)25)21-5-1-2-12-28-21/h1-9,12,15-17,20H,10-11,13-14,27H2. The lowest BCUT2D eigenvalue weighted by Crippen LogP contribution is -2.39. The number of hydrogen-bond donors (Lipinski definition) is 1. The van der Waals surface area contributed by atoms with E-state index >= 15 is 0 Å². The number of imidazole rings is 1. The van der Waals surface area contributed by atoms with Crippen molar-refractivity contribution in [2.45, 2.75) is 18.9 Å². The van der Waals surface area contributed by atoms with Gasteiger partial charge in [-0.25, -0.2) is 9.97 Å². The Morgan fingerprint density at radius 2 is 1.78 bits per heavy atom. The molecule has 1 aliphatic rings. The minimum atomic E-state index is 0.305. The molecule has 1 saturated heterocycles. The van der Waals surface area contributed by atoms with Gasteiger partial charge in [0, 0.05) is 42.5 Å². The number of hydrogen-bond acceptors (Lipinski definition) is 5. The van der Waals surface area contributed by atoms with Gasteiger partial charge in [0.15, 0.2) is 0 Å². The molecule has 5 aromatic rings. The number of fused-ring (bicyclic) bond motifs is 2. The van der Waals surface area contributed by atoms with Gasteiger partial charge in [0.1, 0.15) is 5.65 Å². The summed E-state index contributed by atoms with van der Waals surface area (Å²) in [7, 11) is 0. The summed E-state index contributed by atoms with van der Waals surface area (Å²) in [5.74, 6) is 0. The van der Waals surface area contributed by atoms with Crippen LogP contribution in [0.1, 0.15) is 12.8 Å². The van der Waals surface area contributed by atoms with Crippen molar-refractivity contribution in [3.05, 3.63) is 79.3 Å². The maximum Gasteiger partial charge on any atom is 0.137 e. The molecular formula is C26H24N6. The largest absolute Gasteiger partial charge is 0.370 e. The molecule has 0 amide bonds. The number of anilines is 1. The third-order valence-electron chi connectivity index (χ3n) is 6.32. The van der Waals surface area contributed by atoms with Crippen LogP contribution < -0.4 is 10.6 Å². The van der Waals surface area contributed by atoms with Gasteiger partial charge in [-0.05, 0) is 49.2 Å². The maximum atomic E-state index is 6.12. The summed E-state index contributed by atoms with van der Waals surface area (Å²) in [5.41, 5.74) is 13.1. The highest BCUT2D eigenvalue weighted by atomic mass is 15.1. The van der Waals surface area contributed by atoms with Crippen LogP contribution in [0, 0.1) is 0 Å². The fourth-order valence-corrected chi connectivity index (χ4v) is 4.53. The molecule has 6 rings (SSSR count). The van der Waals surface area contributed by atoms with Gasteiger partial charge in [-0.15, -0.1) is 0 Å². The van der Waals surface area contributed by atoms with Crippen molar-refractivity contribution in [1.29, 1.82) is 0 Å². The van der Waals surface area contributed by atoms with E-state index < -0.39 is 0 Å². The smallest absolute Gasteiger partial charge is 0.137 e. The Labute approximate surface area is 186 Å². The maximum absolute atomic E-state index is 6.12. The zero-order valence-corrected chi connectivity index (χ0v) is 17.7. The summed E-state index contributed by atoms with van der Waals surface area (Å²) in [4.78, 5) is 16.6. The van der Waals surface area contributed by atoms with Crippen molar-refractivity contribution in [3.63, 3.8) is 0 Å². The lowest BCUT2D eigenvalue weighted by Gasteiger charge is -2.32. The van der Waals surface area contributed by atoms with E-state index in [1.807, 2.05) is 36.8 Å². The molecule has 0 saturated carbocycles. The average Bonchev–Trinajstić information content (AvgIpc) is 3.28. The van der Waals surface area contributed by atoms with Crippen LogP contribution in [-0.4, -0.2) is 38.5 Å². The predicted molar refractivity (Wildman–Crippen MR) is 129 cm³/mol. The van der Waals surface area contributed by atoms with Gasteiger partial charge in [-0.3, -0.25) is 9.38 Å². The molecule has 0 atom stereocenters. The zero-order chi connectivity index (χ0) is 21.5. The number of aromatic nitrogens is 4. The molecular weight excluding hydrogens is 396 g/mol. The second kappa shape index (κ2) is 7.73. The number of nitrogens with two attached hydrogens (primary N) is 1. The van der Waals surface area contributed by atoms with Crippen LogP contribution in [0.2, 0.25) is 0 Å². The molecule has 0 unspecified atom stereocenters. The number of para-hydroxylation sites is 1. The first-order valence-electron chi connectivity index (χ1n) is 11.1. The lowest BCUT2D eigenvalue weighted by atomic mass is 10.0. The summed E-state index contributed by atoms with van der Waals surface area (Å²) in [6.07, 6.45) is 7.78. The van der Waals surface area contributed by atoms with Crippen LogP contribution in [0.25, 0.3) is 39.2 Å². The lowest BCUT2D eigenvalue weighted by molar-refractivity contribution is 0.502. The predicted octanol–water partition coefficient (Wildman–Crippen LogP) is 4.54. The third-order valence-corrected chi connectivity index (χ3v) is 6.32. The monoisotopic (exact) mass is 420 g/mol. The number of piperidine rings is 1. The first-order valence-corrected chi connectivity index (χ1v) is 11.1. The van der Waals surface area contributed by atoms with Gasteiger partial charge in [0.2, 0.25) is 0 Å². The molecule has 0 radical (unpaired) electrons. The van der Waals surface area contributed by atoms with Crippen molar-refractivity contribution < 1.29 is 0 Å². The third kappa shape index (κ3) is 3.29. The topological polar surface area (TPSA) is 72.3 Å². The Hall–Kier alpha value is -3.77. The fourth-order valence-electron chi connectivity index (χ4n) is 4.53. The van der Waals surface area contributed by atoms with E-state index in [4.69, 9.17) is 10.7 Å². The molecule has 6 nitrogen and oxygen atoms in total. The summed E-state index contributed by atoms with van der Waals surface area (Å²) < 4.78 is 2.09. The molecule has 1 aromatic carbocycles. The Morgan fingerprint density at radius 3 is 2.62 bits per heavy atom. The van der Waals surface area contributed by atoms with Crippen LogP contribution >= 0.6 is 0 Å². The van der Waals surface area contributed by atoms with Crippen LogP contribution in [0.5, 0.6) is 0 Å². The second-order valence-corrected chi connectivity index (χ2v) is 8.37. The number of benzene rings is 1. The van der Waals surface area contributed by atoms with Gasteiger partial charge in [0.05, 0.1) is 34.5 Å². The Bertz CT molecular complexity index is 1400. The van der Waals surface area contributed by atoms with Crippen molar-refractivity contribution in [1.82, 2.24) is 19.4 Å². The average molecular weight is 421 g/mol. The number of pyridine rings is 3. The molecule has 4 aromatic heterocycles. The second-order valence-electron chi connectivity index (χ2n) is 8.37. The highest BCUT2D eigenvalue weighted by Gasteiger charge is 2.19. The number of rotatable bonds is 3. The van der Waals surface area contributed by atoms with Crippen molar-refractivity contribution in [2.75, 3.05) is 18.0 Å². The van der Waals surface area contributed by atoms with Crippen LogP contribution in [0.4, 0.5) is 5.69 Å². The van der Waals surface area contributed by atoms with Crippen LogP contribution in [0.15, 0.2) is 79.3 Å².